The van der Waals surface area contributed by atoms with Crippen molar-refractivity contribution in [2.75, 3.05) is 0 Å². The summed E-state index contributed by atoms with van der Waals surface area (Å²) in [6.45, 7) is 12.6. The second-order valence-corrected chi connectivity index (χ2v) is 11.6. The van der Waals surface area contributed by atoms with Crippen LogP contribution in [0.5, 0.6) is 0 Å². The normalized spacial score (nSPS) is 40.4. The summed E-state index contributed by atoms with van der Waals surface area (Å²) in [6, 6.07) is 0. The molecule has 0 bridgehead atoms. The molecular formula is C27H45NO3. The van der Waals surface area contributed by atoms with Crippen LogP contribution in [0.4, 0.5) is 0 Å². The monoisotopic (exact) mass is 431 g/mol. The van der Waals surface area contributed by atoms with E-state index in [1.165, 1.54) is 12.0 Å². The third kappa shape index (κ3) is 5.03. The van der Waals surface area contributed by atoms with E-state index in [-0.39, 0.29) is 11.0 Å². The van der Waals surface area contributed by atoms with Gasteiger partial charge < -0.3 is 21.1 Å². The summed E-state index contributed by atoms with van der Waals surface area (Å²) >= 11 is 0. The molecule has 3 aliphatic carbocycles. The zero-order chi connectivity index (χ0) is 23.0. The lowest BCUT2D eigenvalue weighted by Gasteiger charge is -2.51. The van der Waals surface area contributed by atoms with E-state index in [1.54, 1.807) is 0 Å². The van der Waals surface area contributed by atoms with Crippen molar-refractivity contribution < 1.29 is 15.3 Å². The van der Waals surface area contributed by atoms with Crippen molar-refractivity contribution in [3.8, 4) is 0 Å². The van der Waals surface area contributed by atoms with Crippen LogP contribution < -0.4 is 5.73 Å². The molecule has 31 heavy (non-hydrogen) atoms. The minimum absolute atomic E-state index is 0.0896. The largest absolute Gasteiger partial charge is 0.393 e. The summed E-state index contributed by atoms with van der Waals surface area (Å²) in [5.74, 6) is 1.20. The zero-order valence-electron chi connectivity index (χ0n) is 20.2. The van der Waals surface area contributed by atoms with E-state index >= 15 is 0 Å². The number of aliphatic hydroxyl groups is 3. The molecule has 0 amide bonds. The predicted molar refractivity (Wildman–Crippen MR) is 127 cm³/mol. The highest BCUT2D eigenvalue weighted by molar-refractivity contribution is 5.41. The smallest absolute Gasteiger partial charge is 0.0811 e. The van der Waals surface area contributed by atoms with Gasteiger partial charge in [-0.15, -0.1) is 0 Å². The Morgan fingerprint density at radius 3 is 2.65 bits per heavy atom. The molecule has 0 spiro atoms. The number of rotatable bonds is 6. The van der Waals surface area contributed by atoms with Gasteiger partial charge in [-0.05, 0) is 92.8 Å². The molecule has 0 aliphatic heterocycles. The van der Waals surface area contributed by atoms with Gasteiger partial charge in [0.1, 0.15) is 0 Å². The average Bonchev–Trinajstić information content (AvgIpc) is 2.94. The molecule has 3 fully saturated rings. The highest BCUT2D eigenvalue weighted by Gasteiger charge is 2.58. The fourth-order valence-electron chi connectivity index (χ4n) is 6.78. The molecule has 3 rings (SSSR count). The quantitative estimate of drug-likeness (QED) is 0.487. The van der Waals surface area contributed by atoms with Crippen LogP contribution in [0.25, 0.3) is 0 Å². The fraction of sp³-hybridized carbons (Fsp3) is 0.778. The maximum absolute atomic E-state index is 10.2. The van der Waals surface area contributed by atoms with E-state index in [2.05, 4.69) is 32.6 Å². The molecular weight excluding hydrogens is 386 g/mol. The summed E-state index contributed by atoms with van der Waals surface area (Å²) in [7, 11) is 0. The molecule has 0 radical (unpaired) electrons. The molecule has 0 saturated heterocycles. The van der Waals surface area contributed by atoms with Crippen LogP contribution in [-0.4, -0.2) is 38.7 Å². The van der Waals surface area contributed by atoms with Crippen LogP contribution in [0.2, 0.25) is 0 Å². The van der Waals surface area contributed by atoms with Crippen LogP contribution in [0.3, 0.4) is 0 Å². The van der Waals surface area contributed by atoms with Crippen LogP contribution in [0, 0.1) is 17.3 Å². The molecule has 3 saturated carbocycles. The topological polar surface area (TPSA) is 86.7 Å². The van der Waals surface area contributed by atoms with Crippen LogP contribution in [0.1, 0.15) is 91.9 Å². The molecule has 5 N–H and O–H groups in total. The minimum Gasteiger partial charge on any atom is -0.393 e. The van der Waals surface area contributed by atoms with Gasteiger partial charge in [-0.25, -0.2) is 0 Å². The summed E-state index contributed by atoms with van der Waals surface area (Å²) in [5, 5.41) is 30.3. The Morgan fingerprint density at radius 2 is 1.97 bits per heavy atom. The lowest BCUT2D eigenvalue weighted by molar-refractivity contribution is 0.0551. The van der Waals surface area contributed by atoms with Crippen molar-refractivity contribution in [1.29, 1.82) is 0 Å². The van der Waals surface area contributed by atoms with Gasteiger partial charge >= 0.3 is 0 Å². The van der Waals surface area contributed by atoms with Gasteiger partial charge in [0.25, 0.3) is 0 Å². The number of hydrogen-bond acceptors (Lipinski definition) is 4. The zero-order valence-corrected chi connectivity index (χ0v) is 20.2. The first-order valence-electron chi connectivity index (χ1n) is 12.3. The standard InChI is InChI=1S/C27H45NO3/c1-18(8-6-13-25(3,4)31)23-12-15-27(28)21(9-7-14-26(23,27)5)11-10-20-16-22(29)17-24(30)19(20)2/h10-11,18,22-24,29-31H,2,6-9,12-17,28H2,1,3-5H3/b20-10-,21-11+/t18-,22-,23?,24+,26?,27-/m1/s1. The Morgan fingerprint density at radius 1 is 1.26 bits per heavy atom. The van der Waals surface area contributed by atoms with Gasteiger partial charge in [0.05, 0.1) is 17.8 Å². The first kappa shape index (κ1) is 24.7. The first-order chi connectivity index (χ1) is 14.4. The molecule has 0 heterocycles. The highest BCUT2D eigenvalue weighted by Crippen LogP contribution is 2.61. The molecule has 3 aliphatic rings. The fourth-order valence-corrected chi connectivity index (χ4v) is 6.78. The molecule has 4 nitrogen and oxygen atoms in total. The molecule has 2 unspecified atom stereocenters. The number of fused-ring (bicyclic) bond motifs is 1. The van der Waals surface area contributed by atoms with Crippen molar-refractivity contribution in [2.24, 2.45) is 23.0 Å². The Balaban J connectivity index is 1.77. The molecule has 0 aromatic rings. The summed E-state index contributed by atoms with van der Waals surface area (Å²) in [6.07, 6.45) is 12.6. The Kier molecular flexibility index (Phi) is 7.27. The van der Waals surface area contributed by atoms with Gasteiger partial charge in [-0.2, -0.15) is 0 Å². The first-order valence-corrected chi connectivity index (χ1v) is 12.3. The lowest BCUT2D eigenvalue weighted by atomic mass is 9.57. The summed E-state index contributed by atoms with van der Waals surface area (Å²) in [4.78, 5) is 0. The maximum atomic E-state index is 10.2. The van der Waals surface area contributed by atoms with E-state index in [0.717, 1.165) is 56.1 Å². The molecule has 0 aromatic heterocycles. The van der Waals surface area contributed by atoms with Crippen molar-refractivity contribution >= 4 is 0 Å². The van der Waals surface area contributed by atoms with Crippen LogP contribution in [-0.2, 0) is 0 Å². The number of nitrogens with two attached hydrogens (primary N) is 1. The van der Waals surface area contributed by atoms with E-state index in [9.17, 15) is 15.3 Å². The van der Waals surface area contributed by atoms with Gasteiger partial charge in [0, 0.05) is 12.0 Å². The average molecular weight is 432 g/mol. The van der Waals surface area contributed by atoms with Gasteiger partial charge in [0.15, 0.2) is 0 Å². The summed E-state index contributed by atoms with van der Waals surface area (Å²) < 4.78 is 0. The molecule has 6 atom stereocenters. The Bertz CT molecular complexity index is 733. The Hall–Kier alpha value is -0.940. The maximum Gasteiger partial charge on any atom is 0.0811 e. The molecule has 0 aromatic carbocycles. The lowest BCUT2D eigenvalue weighted by Crippen LogP contribution is -2.56. The Labute approximate surface area is 189 Å². The molecule has 4 heteroatoms. The van der Waals surface area contributed by atoms with Gasteiger partial charge in [-0.1, -0.05) is 45.4 Å². The predicted octanol–water partition coefficient (Wildman–Crippen LogP) is 4.79. The van der Waals surface area contributed by atoms with Crippen molar-refractivity contribution in [2.45, 2.75) is 115 Å². The molecule has 176 valence electrons. The van der Waals surface area contributed by atoms with Crippen LogP contribution >= 0.6 is 0 Å². The van der Waals surface area contributed by atoms with Crippen molar-refractivity contribution in [1.82, 2.24) is 0 Å². The second-order valence-electron chi connectivity index (χ2n) is 11.6. The number of hydrogen-bond donors (Lipinski definition) is 4. The second kappa shape index (κ2) is 9.13. The van der Waals surface area contributed by atoms with Crippen molar-refractivity contribution in [3.63, 3.8) is 0 Å². The number of allylic oxidation sites excluding steroid dienone is 2. The van der Waals surface area contributed by atoms with Gasteiger partial charge in [-0.3, -0.25) is 0 Å². The van der Waals surface area contributed by atoms with E-state index in [1.807, 2.05) is 13.8 Å². The van der Waals surface area contributed by atoms with Crippen LogP contribution in [0.15, 0.2) is 35.5 Å². The van der Waals surface area contributed by atoms with E-state index in [0.29, 0.717) is 24.7 Å². The minimum atomic E-state index is -0.655. The van der Waals surface area contributed by atoms with E-state index in [4.69, 9.17) is 5.73 Å². The third-order valence-corrected chi connectivity index (χ3v) is 8.79. The summed E-state index contributed by atoms with van der Waals surface area (Å²) in [5.41, 5.74) is 9.43. The highest BCUT2D eigenvalue weighted by atomic mass is 16.3. The number of aliphatic hydroxyl groups excluding tert-OH is 2. The third-order valence-electron chi connectivity index (χ3n) is 8.79. The van der Waals surface area contributed by atoms with Gasteiger partial charge in [0.2, 0.25) is 0 Å². The van der Waals surface area contributed by atoms with Crippen molar-refractivity contribution in [3.05, 3.63) is 35.5 Å². The SMILES string of the molecule is C=C1/C(=C\C=C2/CCCC3(C)C([C@H](C)CCCC(C)(C)O)CC[C@@]23N)C[C@@H](O)C[C@@H]1O. The van der Waals surface area contributed by atoms with E-state index < -0.39 is 17.8 Å².